The summed E-state index contributed by atoms with van der Waals surface area (Å²) < 4.78 is 0. The number of hydroxylamine groups is 1. The fourth-order valence-electron chi connectivity index (χ4n) is 4.18. The highest BCUT2D eigenvalue weighted by Gasteiger charge is 2.39. The Balaban J connectivity index is 1.29. The van der Waals surface area contributed by atoms with Gasteiger partial charge in [-0.25, -0.2) is 4.79 Å². The van der Waals surface area contributed by atoms with Gasteiger partial charge in [-0.3, -0.25) is 10.3 Å². The van der Waals surface area contributed by atoms with E-state index in [-0.39, 0.29) is 17.0 Å². The monoisotopic (exact) mass is 419 g/mol. The molecule has 2 heterocycles. The minimum atomic E-state index is -0.334. The van der Waals surface area contributed by atoms with Crippen molar-refractivity contribution in [3.8, 4) is 0 Å². The van der Waals surface area contributed by atoms with Crippen LogP contribution >= 0.6 is 0 Å². The molecule has 164 valence electrons. The Kier molecular flexibility index (Phi) is 6.05. The lowest BCUT2D eigenvalue weighted by Crippen LogP contribution is -2.50. The molecule has 0 aromatic heterocycles. The number of piperidine rings is 1. The summed E-state index contributed by atoms with van der Waals surface area (Å²) in [4.78, 5) is 20.4. The lowest BCUT2D eigenvalue weighted by molar-refractivity contribution is -0.0639. The first-order chi connectivity index (χ1) is 14.8. The zero-order valence-corrected chi connectivity index (χ0v) is 18.8. The Morgan fingerprint density at radius 1 is 1.06 bits per heavy atom. The normalized spacial score (nSPS) is 17.9. The van der Waals surface area contributed by atoms with Gasteiger partial charge in [-0.05, 0) is 34.6 Å². The molecule has 2 N–H and O–H groups in total. The number of amides is 2. The highest BCUT2D eigenvalue weighted by Crippen LogP contribution is 2.35. The molecule has 0 saturated carbocycles. The van der Waals surface area contributed by atoms with Gasteiger partial charge in [0.15, 0.2) is 0 Å². The number of benzene rings is 2. The number of rotatable bonds is 4. The van der Waals surface area contributed by atoms with E-state index < -0.39 is 0 Å². The second-order valence-electron chi connectivity index (χ2n) is 9.61. The molecule has 2 aliphatic heterocycles. The van der Waals surface area contributed by atoms with Crippen molar-refractivity contribution in [2.75, 3.05) is 19.6 Å². The molecule has 2 aromatic carbocycles. The van der Waals surface area contributed by atoms with E-state index in [2.05, 4.69) is 74.0 Å². The van der Waals surface area contributed by atoms with Crippen molar-refractivity contribution in [3.63, 3.8) is 0 Å². The van der Waals surface area contributed by atoms with Crippen molar-refractivity contribution in [1.82, 2.24) is 15.7 Å². The minimum absolute atomic E-state index is 0.0127. The Bertz CT molecular complexity index is 921. The van der Waals surface area contributed by atoms with Crippen LogP contribution in [-0.4, -0.2) is 36.2 Å². The van der Waals surface area contributed by atoms with Gasteiger partial charge in [0.05, 0.1) is 5.70 Å². The summed E-state index contributed by atoms with van der Waals surface area (Å²) >= 11 is 0. The van der Waals surface area contributed by atoms with Crippen LogP contribution in [0.2, 0.25) is 0 Å². The van der Waals surface area contributed by atoms with Gasteiger partial charge in [-0.15, -0.1) is 0 Å². The smallest absolute Gasteiger partial charge is 0.317 e. The Hall–Kier alpha value is -2.79. The highest BCUT2D eigenvalue weighted by atomic mass is 16.7. The maximum Gasteiger partial charge on any atom is 0.317 e. The number of carbonyl (C=O) groups is 1. The van der Waals surface area contributed by atoms with Crippen molar-refractivity contribution in [2.45, 2.75) is 51.0 Å². The summed E-state index contributed by atoms with van der Waals surface area (Å²) in [6.07, 6.45) is 4.62. The van der Waals surface area contributed by atoms with E-state index >= 15 is 0 Å². The molecule has 1 fully saturated rings. The first-order valence-corrected chi connectivity index (χ1v) is 11.2. The number of hydrogen-bond donors (Lipinski definition) is 2. The Morgan fingerprint density at radius 3 is 2.39 bits per heavy atom. The summed E-state index contributed by atoms with van der Waals surface area (Å²) in [5.41, 5.74) is 7.63. The number of hydrogen-bond acceptors (Lipinski definition) is 3. The average Bonchev–Trinajstić information content (AvgIpc) is 3.18. The molecule has 4 rings (SSSR count). The third kappa shape index (κ3) is 5.10. The van der Waals surface area contributed by atoms with E-state index in [0.29, 0.717) is 19.6 Å². The van der Waals surface area contributed by atoms with E-state index in [0.717, 1.165) is 30.5 Å². The van der Waals surface area contributed by atoms with Gasteiger partial charge in [-0.2, -0.15) is 0 Å². The van der Waals surface area contributed by atoms with Crippen LogP contribution in [0.15, 0.2) is 60.7 Å². The fourth-order valence-corrected chi connectivity index (χ4v) is 4.18. The summed E-state index contributed by atoms with van der Waals surface area (Å²) in [6, 6.07) is 18.9. The van der Waals surface area contributed by atoms with Gasteiger partial charge >= 0.3 is 6.03 Å². The van der Waals surface area contributed by atoms with Crippen molar-refractivity contribution in [1.29, 1.82) is 0 Å². The number of nitrogens with zero attached hydrogens (tertiary/aromatic N) is 1. The van der Waals surface area contributed by atoms with Gasteiger partial charge in [0.2, 0.25) is 0 Å². The fraction of sp³-hybridized carbons (Fsp3) is 0.423. The molecule has 0 atom stereocenters. The SMILES string of the molecule is CC(C)(C)c1ccc(C2=CC3(CCN(C(=O)NCCc4ccccc4)CC3)ON2)cc1. The van der Waals surface area contributed by atoms with E-state index in [1.54, 1.807) is 0 Å². The molecule has 1 saturated heterocycles. The zero-order chi connectivity index (χ0) is 21.9. The van der Waals surface area contributed by atoms with Crippen LogP contribution in [0.1, 0.15) is 50.3 Å². The Morgan fingerprint density at radius 2 is 1.74 bits per heavy atom. The average molecular weight is 420 g/mol. The lowest BCUT2D eigenvalue weighted by Gasteiger charge is -2.36. The van der Waals surface area contributed by atoms with Gasteiger partial charge < -0.3 is 10.2 Å². The van der Waals surface area contributed by atoms with Crippen LogP contribution in [0.3, 0.4) is 0 Å². The molecule has 5 heteroatoms. The second kappa shape index (κ2) is 8.75. The summed E-state index contributed by atoms with van der Waals surface area (Å²) in [5, 5.41) is 3.05. The first-order valence-electron chi connectivity index (χ1n) is 11.2. The largest absolute Gasteiger partial charge is 0.338 e. The molecule has 0 bridgehead atoms. The molecule has 5 nitrogen and oxygen atoms in total. The number of carbonyl (C=O) groups excluding carboxylic acids is 1. The lowest BCUT2D eigenvalue weighted by atomic mass is 9.86. The molecule has 2 aromatic rings. The predicted molar refractivity (Wildman–Crippen MR) is 124 cm³/mol. The molecule has 2 aliphatic rings. The molecule has 0 radical (unpaired) electrons. The predicted octanol–water partition coefficient (Wildman–Crippen LogP) is 4.65. The Labute approximate surface area is 185 Å². The minimum Gasteiger partial charge on any atom is -0.338 e. The molecule has 2 amide bonds. The van der Waals surface area contributed by atoms with Crippen molar-refractivity contribution < 1.29 is 9.63 Å². The topological polar surface area (TPSA) is 53.6 Å². The maximum atomic E-state index is 12.5. The quantitative estimate of drug-likeness (QED) is 0.759. The van der Waals surface area contributed by atoms with E-state index in [9.17, 15) is 4.79 Å². The molecule has 31 heavy (non-hydrogen) atoms. The van der Waals surface area contributed by atoms with Gasteiger partial charge in [-0.1, -0.05) is 75.4 Å². The van der Waals surface area contributed by atoms with Crippen molar-refractivity contribution in [2.24, 2.45) is 0 Å². The van der Waals surface area contributed by atoms with Crippen LogP contribution < -0.4 is 10.8 Å². The van der Waals surface area contributed by atoms with Gasteiger partial charge in [0.25, 0.3) is 0 Å². The maximum absolute atomic E-state index is 12.5. The molecular formula is C26H33N3O2. The third-order valence-corrected chi connectivity index (χ3v) is 6.26. The number of likely N-dealkylation sites (tertiary alicyclic amines) is 1. The van der Waals surface area contributed by atoms with Crippen LogP contribution in [0.25, 0.3) is 5.70 Å². The summed E-state index contributed by atoms with van der Waals surface area (Å²) in [5.74, 6) is 0. The van der Waals surface area contributed by atoms with E-state index in [1.807, 2.05) is 23.1 Å². The number of urea groups is 1. The van der Waals surface area contributed by atoms with Gasteiger partial charge in [0, 0.05) is 32.5 Å². The third-order valence-electron chi connectivity index (χ3n) is 6.26. The van der Waals surface area contributed by atoms with Crippen LogP contribution in [0.4, 0.5) is 4.79 Å². The van der Waals surface area contributed by atoms with Crippen molar-refractivity contribution >= 4 is 11.7 Å². The first kappa shape index (κ1) is 21.4. The summed E-state index contributed by atoms with van der Waals surface area (Å²) in [7, 11) is 0. The highest BCUT2D eigenvalue weighted by molar-refractivity contribution is 5.74. The standard InChI is InChI=1S/C26H33N3O2/c1-25(2,3)22-11-9-21(10-12-22)23-19-26(31-28-23)14-17-29(18-15-26)24(30)27-16-13-20-7-5-4-6-8-20/h4-12,19,28H,13-18H2,1-3H3,(H,27,30). The van der Waals surface area contributed by atoms with Crippen LogP contribution in [-0.2, 0) is 16.7 Å². The van der Waals surface area contributed by atoms with Crippen LogP contribution in [0, 0.1) is 0 Å². The van der Waals surface area contributed by atoms with Crippen molar-refractivity contribution in [3.05, 3.63) is 77.4 Å². The molecular weight excluding hydrogens is 386 g/mol. The van der Waals surface area contributed by atoms with E-state index in [1.165, 1.54) is 11.1 Å². The molecule has 0 unspecified atom stereocenters. The molecule has 0 aliphatic carbocycles. The zero-order valence-electron chi connectivity index (χ0n) is 18.8. The molecule has 1 spiro atoms. The van der Waals surface area contributed by atoms with Crippen LogP contribution in [0.5, 0.6) is 0 Å². The van der Waals surface area contributed by atoms with Gasteiger partial charge in [0.1, 0.15) is 5.60 Å². The van der Waals surface area contributed by atoms with E-state index in [4.69, 9.17) is 4.84 Å². The summed E-state index contributed by atoms with van der Waals surface area (Å²) in [6.45, 7) is 8.69. The number of nitrogens with one attached hydrogen (secondary N) is 2. The second-order valence-corrected chi connectivity index (χ2v) is 9.61.